The van der Waals surface area contributed by atoms with Crippen molar-refractivity contribution in [2.24, 2.45) is 5.92 Å². The van der Waals surface area contributed by atoms with Crippen LogP contribution in [0.2, 0.25) is 0 Å². The van der Waals surface area contributed by atoms with Crippen molar-refractivity contribution in [1.29, 1.82) is 0 Å². The van der Waals surface area contributed by atoms with E-state index in [-0.39, 0.29) is 6.04 Å². The highest BCUT2D eigenvalue weighted by Gasteiger charge is 2.50. The van der Waals surface area contributed by atoms with Gasteiger partial charge in [-0.2, -0.15) is 0 Å². The zero-order valence-corrected chi connectivity index (χ0v) is 12.2. The highest BCUT2D eigenvalue weighted by atomic mass is 16.7. The van der Waals surface area contributed by atoms with E-state index in [0.29, 0.717) is 5.92 Å². The van der Waals surface area contributed by atoms with Crippen molar-refractivity contribution in [3.63, 3.8) is 0 Å². The van der Waals surface area contributed by atoms with Gasteiger partial charge in [0, 0.05) is 26.7 Å². The Morgan fingerprint density at radius 2 is 2.11 bits per heavy atom. The number of nitrogens with one attached hydrogen (secondary N) is 1. The molecule has 0 aromatic heterocycles. The Bertz CT molecular complexity index is 295. The van der Waals surface area contributed by atoms with E-state index in [2.05, 4.69) is 31.8 Å². The van der Waals surface area contributed by atoms with Crippen molar-refractivity contribution < 1.29 is 9.47 Å². The van der Waals surface area contributed by atoms with Crippen LogP contribution in [-0.4, -0.2) is 32.6 Å². The third kappa shape index (κ3) is 2.85. The molecule has 3 nitrogen and oxygen atoms in total. The fourth-order valence-electron chi connectivity index (χ4n) is 2.90. The van der Waals surface area contributed by atoms with Crippen molar-refractivity contribution >= 4 is 0 Å². The Hall–Kier alpha value is -0.640. The van der Waals surface area contributed by atoms with Crippen LogP contribution in [0, 0.1) is 5.92 Å². The average molecular weight is 253 g/mol. The van der Waals surface area contributed by atoms with Crippen LogP contribution in [0.1, 0.15) is 33.1 Å². The van der Waals surface area contributed by atoms with Gasteiger partial charge in [-0.1, -0.05) is 37.5 Å². The lowest BCUT2D eigenvalue weighted by molar-refractivity contribution is -0.236. The molecule has 0 radical (unpaired) electrons. The van der Waals surface area contributed by atoms with Crippen molar-refractivity contribution in [2.75, 3.05) is 20.8 Å². The van der Waals surface area contributed by atoms with Gasteiger partial charge in [-0.25, -0.2) is 0 Å². The van der Waals surface area contributed by atoms with Crippen LogP contribution in [0.3, 0.4) is 0 Å². The Morgan fingerprint density at radius 1 is 1.44 bits per heavy atom. The van der Waals surface area contributed by atoms with Crippen LogP contribution in [0.25, 0.3) is 0 Å². The number of hydrogen-bond acceptors (Lipinski definition) is 3. The quantitative estimate of drug-likeness (QED) is 0.533. The minimum atomic E-state index is -0.567. The molecule has 0 spiro atoms. The van der Waals surface area contributed by atoms with E-state index < -0.39 is 5.79 Å². The molecular formula is C15H27NO2. The van der Waals surface area contributed by atoms with Gasteiger partial charge in [-0.15, -0.1) is 6.58 Å². The van der Waals surface area contributed by atoms with Gasteiger partial charge < -0.3 is 14.8 Å². The topological polar surface area (TPSA) is 30.5 Å². The lowest BCUT2D eigenvalue weighted by Gasteiger charge is -2.39. The summed E-state index contributed by atoms with van der Waals surface area (Å²) in [6.07, 6.45) is 7.64. The van der Waals surface area contributed by atoms with Crippen molar-refractivity contribution in [2.45, 2.75) is 44.9 Å². The van der Waals surface area contributed by atoms with Gasteiger partial charge in [0.1, 0.15) is 0 Å². The maximum absolute atomic E-state index is 5.77. The van der Waals surface area contributed by atoms with E-state index in [9.17, 15) is 0 Å². The van der Waals surface area contributed by atoms with Crippen LogP contribution >= 0.6 is 0 Å². The number of methoxy groups -OCH3 is 2. The summed E-state index contributed by atoms with van der Waals surface area (Å²) < 4.78 is 11.5. The second-order valence-electron chi connectivity index (χ2n) is 4.92. The van der Waals surface area contributed by atoms with Gasteiger partial charge >= 0.3 is 0 Å². The summed E-state index contributed by atoms with van der Waals surface area (Å²) in [7, 11) is 3.47. The van der Waals surface area contributed by atoms with Crippen LogP contribution in [0.15, 0.2) is 24.3 Å². The van der Waals surface area contributed by atoms with E-state index in [1.807, 2.05) is 6.08 Å². The zero-order valence-electron chi connectivity index (χ0n) is 12.2. The first-order valence-corrected chi connectivity index (χ1v) is 6.79. The lowest BCUT2D eigenvalue weighted by Crippen LogP contribution is -2.54. The summed E-state index contributed by atoms with van der Waals surface area (Å²) in [5.41, 5.74) is 1.29. The molecular weight excluding hydrogens is 226 g/mol. The molecule has 18 heavy (non-hydrogen) atoms. The molecule has 0 aromatic rings. The smallest absolute Gasteiger partial charge is 0.193 e. The first-order chi connectivity index (χ1) is 8.66. The summed E-state index contributed by atoms with van der Waals surface area (Å²) >= 11 is 0. The molecule has 0 heterocycles. The Kier molecular flexibility index (Phi) is 6.06. The minimum absolute atomic E-state index is 0.104. The minimum Gasteiger partial charge on any atom is -0.351 e. The summed E-state index contributed by atoms with van der Waals surface area (Å²) in [5.74, 6) is -0.253. The van der Waals surface area contributed by atoms with Crippen molar-refractivity contribution in [3.8, 4) is 0 Å². The van der Waals surface area contributed by atoms with Gasteiger partial charge in [0.05, 0.1) is 6.04 Å². The molecule has 0 unspecified atom stereocenters. The summed E-state index contributed by atoms with van der Waals surface area (Å²) in [5, 5.41) is 3.44. The normalized spacial score (nSPS) is 26.1. The standard InChI is InChI=1S/C15H27NO2/c1-6-8-9-13-11-12(3)14(16-10-7-2)15(13,17-4)18-5/h7,11,13-14,16H,2,6,8-10H2,1,3-5H3/t13-,14-/m0/s1. The second kappa shape index (κ2) is 7.07. The Labute approximate surface area is 111 Å². The zero-order chi connectivity index (χ0) is 13.6. The van der Waals surface area contributed by atoms with Crippen LogP contribution in [0.4, 0.5) is 0 Å². The highest BCUT2D eigenvalue weighted by Crippen LogP contribution is 2.40. The molecule has 0 aliphatic heterocycles. The molecule has 0 saturated carbocycles. The van der Waals surface area contributed by atoms with Crippen molar-refractivity contribution in [3.05, 3.63) is 24.3 Å². The van der Waals surface area contributed by atoms with E-state index >= 15 is 0 Å². The van der Waals surface area contributed by atoms with Crippen LogP contribution in [0.5, 0.6) is 0 Å². The monoisotopic (exact) mass is 253 g/mol. The predicted octanol–water partition coefficient (Wildman–Crippen LogP) is 2.89. The number of unbranched alkanes of at least 4 members (excludes halogenated alkanes) is 1. The van der Waals surface area contributed by atoms with E-state index in [1.165, 1.54) is 18.4 Å². The molecule has 1 aliphatic carbocycles. The van der Waals surface area contributed by atoms with Gasteiger partial charge in [0.2, 0.25) is 0 Å². The fraction of sp³-hybridized carbons (Fsp3) is 0.733. The largest absolute Gasteiger partial charge is 0.351 e. The third-order valence-electron chi connectivity index (χ3n) is 3.81. The fourth-order valence-corrected chi connectivity index (χ4v) is 2.90. The van der Waals surface area contributed by atoms with Gasteiger partial charge in [0.25, 0.3) is 0 Å². The van der Waals surface area contributed by atoms with Crippen molar-refractivity contribution in [1.82, 2.24) is 5.32 Å². The number of ether oxygens (including phenoxy) is 2. The molecule has 104 valence electrons. The third-order valence-corrected chi connectivity index (χ3v) is 3.81. The average Bonchev–Trinajstić information content (AvgIpc) is 2.66. The van der Waals surface area contributed by atoms with Gasteiger partial charge in [0.15, 0.2) is 5.79 Å². The molecule has 1 N–H and O–H groups in total. The first-order valence-electron chi connectivity index (χ1n) is 6.79. The maximum atomic E-state index is 5.77. The SMILES string of the molecule is C=CCN[C@H]1C(C)=C[C@H](CCCC)C1(OC)OC. The number of rotatable bonds is 8. The molecule has 1 aliphatic rings. The van der Waals surface area contributed by atoms with E-state index in [0.717, 1.165) is 13.0 Å². The van der Waals surface area contributed by atoms with Crippen LogP contribution < -0.4 is 5.32 Å². The second-order valence-corrected chi connectivity index (χ2v) is 4.92. The molecule has 0 amide bonds. The Balaban J connectivity index is 2.88. The van der Waals surface area contributed by atoms with Gasteiger partial charge in [-0.05, 0) is 13.3 Å². The molecule has 0 aromatic carbocycles. The molecule has 0 bridgehead atoms. The number of hydrogen-bond donors (Lipinski definition) is 1. The van der Waals surface area contributed by atoms with Crippen LogP contribution in [-0.2, 0) is 9.47 Å². The van der Waals surface area contributed by atoms with E-state index in [1.54, 1.807) is 14.2 Å². The maximum Gasteiger partial charge on any atom is 0.193 e. The molecule has 2 atom stereocenters. The first kappa shape index (κ1) is 15.4. The lowest BCUT2D eigenvalue weighted by atomic mass is 9.93. The predicted molar refractivity (Wildman–Crippen MR) is 75.5 cm³/mol. The van der Waals surface area contributed by atoms with E-state index in [4.69, 9.17) is 9.47 Å². The molecule has 1 rings (SSSR count). The Morgan fingerprint density at radius 3 is 2.61 bits per heavy atom. The molecule has 0 fully saturated rings. The summed E-state index contributed by atoms with van der Waals surface area (Å²) in [4.78, 5) is 0. The molecule has 3 heteroatoms. The summed E-state index contributed by atoms with van der Waals surface area (Å²) in [6, 6.07) is 0.104. The summed E-state index contributed by atoms with van der Waals surface area (Å²) in [6.45, 7) is 8.85. The van der Waals surface area contributed by atoms with Gasteiger partial charge in [-0.3, -0.25) is 0 Å². The molecule has 0 saturated heterocycles. The highest BCUT2D eigenvalue weighted by molar-refractivity contribution is 5.25.